The Kier molecular flexibility index (Phi) is 5.53. The number of rotatable bonds is 7. The topological polar surface area (TPSA) is 126 Å². The summed E-state index contributed by atoms with van der Waals surface area (Å²) in [6.45, 7) is 4.10. The molecule has 4 heterocycles. The van der Waals surface area contributed by atoms with Crippen molar-refractivity contribution in [1.29, 1.82) is 0 Å². The molecule has 10 nitrogen and oxygen atoms in total. The molecule has 33 heavy (non-hydrogen) atoms. The lowest BCUT2D eigenvalue weighted by atomic mass is 9.81. The highest BCUT2D eigenvalue weighted by Crippen LogP contribution is 2.33. The molecule has 5 rings (SSSR count). The highest BCUT2D eigenvalue weighted by molar-refractivity contribution is 7.90. The predicted octanol–water partition coefficient (Wildman–Crippen LogP) is 2.42. The van der Waals surface area contributed by atoms with Gasteiger partial charge in [-0.1, -0.05) is 6.92 Å². The van der Waals surface area contributed by atoms with Gasteiger partial charge in [0, 0.05) is 43.8 Å². The number of aliphatic hydroxyl groups excluding tert-OH is 1. The van der Waals surface area contributed by atoms with Crippen LogP contribution in [0.2, 0.25) is 0 Å². The zero-order valence-electron chi connectivity index (χ0n) is 18.4. The Balaban J connectivity index is 1.31. The molecule has 1 aliphatic carbocycles. The molecule has 174 valence electrons. The quantitative estimate of drug-likeness (QED) is 0.536. The van der Waals surface area contributed by atoms with Crippen LogP contribution in [0.5, 0.6) is 0 Å². The molecule has 0 spiro atoms. The van der Waals surface area contributed by atoms with Gasteiger partial charge in [-0.05, 0) is 43.2 Å². The van der Waals surface area contributed by atoms with Crippen molar-refractivity contribution in [3.05, 3.63) is 43.0 Å². The van der Waals surface area contributed by atoms with Crippen molar-refractivity contribution in [3.8, 4) is 11.4 Å². The summed E-state index contributed by atoms with van der Waals surface area (Å²) >= 11 is 0. The summed E-state index contributed by atoms with van der Waals surface area (Å²) in [5.41, 5.74) is 1.59. The first-order valence-corrected chi connectivity index (χ1v) is 12.6. The number of piperidine rings is 1. The summed E-state index contributed by atoms with van der Waals surface area (Å²) in [5.74, 6) is 1.58. The van der Waals surface area contributed by atoms with Crippen LogP contribution < -0.4 is 10.2 Å². The molecule has 2 fully saturated rings. The third kappa shape index (κ3) is 4.55. The van der Waals surface area contributed by atoms with Gasteiger partial charge in [-0.25, -0.2) is 23.4 Å². The molecule has 0 atom stereocenters. The Morgan fingerprint density at radius 2 is 1.91 bits per heavy atom. The van der Waals surface area contributed by atoms with Crippen LogP contribution in [0.4, 0.5) is 17.3 Å². The number of nitrogens with one attached hydrogen (secondary N) is 1. The Bertz CT molecular complexity index is 1250. The Morgan fingerprint density at radius 3 is 2.64 bits per heavy atom. The van der Waals surface area contributed by atoms with Gasteiger partial charge in [0.05, 0.1) is 23.2 Å². The van der Waals surface area contributed by atoms with E-state index in [1.807, 2.05) is 12.1 Å². The molecule has 1 saturated carbocycles. The van der Waals surface area contributed by atoms with Crippen molar-refractivity contribution < 1.29 is 13.5 Å². The SMILES string of the molecule is CC1(CO)CCN(c2ccnc(Nc3ccnc(-c4cnn(S(=O)(=O)C5CC5)c4)n3)c2)CC1. The van der Waals surface area contributed by atoms with Crippen molar-refractivity contribution in [3.63, 3.8) is 0 Å². The van der Waals surface area contributed by atoms with Crippen LogP contribution in [-0.4, -0.2) is 62.6 Å². The van der Waals surface area contributed by atoms with Crippen molar-refractivity contribution in [1.82, 2.24) is 24.1 Å². The molecule has 3 aromatic rings. The molecule has 0 aromatic carbocycles. The summed E-state index contributed by atoms with van der Waals surface area (Å²) in [7, 11) is -3.43. The first-order chi connectivity index (χ1) is 15.9. The summed E-state index contributed by atoms with van der Waals surface area (Å²) in [6.07, 6.45) is 9.53. The van der Waals surface area contributed by atoms with E-state index in [0.29, 0.717) is 35.9 Å². The smallest absolute Gasteiger partial charge is 0.256 e. The summed E-state index contributed by atoms with van der Waals surface area (Å²) in [4.78, 5) is 15.5. The lowest BCUT2D eigenvalue weighted by Crippen LogP contribution is -2.40. The monoisotopic (exact) mass is 469 g/mol. The van der Waals surface area contributed by atoms with Gasteiger partial charge < -0.3 is 15.3 Å². The van der Waals surface area contributed by atoms with E-state index in [-0.39, 0.29) is 17.3 Å². The second-order valence-electron chi connectivity index (χ2n) is 9.09. The average molecular weight is 470 g/mol. The van der Waals surface area contributed by atoms with Crippen LogP contribution in [0.3, 0.4) is 0 Å². The number of anilines is 3. The zero-order valence-corrected chi connectivity index (χ0v) is 19.2. The van der Waals surface area contributed by atoms with E-state index in [2.05, 4.69) is 37.2 Å². The van der Waals surface area contributed by atoms with Gasteiger partial charge in [0.1, 0.15) is 11.6 Å². The highest BCUT2D eigenvalue weighted by atomic mass is 32.2. The molecular weight excluding hydrogens is 442 g/mol. The van der Waals surface area contributed by atoms with E-state index in [0.717, 1.165) is 35.7 Å². The van der Waals surface area contributed by atoms with Crippen molar-refractivity contribution >= 4 is 27.3 Å². The molecule has 0 amide bonds. The normalized spacial score (nSPS) is 18.3. The Hall–Kier alpha value is -3.05. The third-order valence-electron chi connectivity index (χ3n) is 6.40. The lowest BCUT2D eigenvalue weighted by molar-refractivity contribution is 0.115. The second kappa shape index (κ2) is 8.38. The van der Waals surface area contributed by atoms with E-state index in [4.69, 9.17) is 0 Å². The molecule has 0 unspecified atom stereocenters. The minimum absolute atomic E-state index is 0.00619. The Morgan fingerprint density at radius 1 is 1.15 bits per heavy atom. The van der Waals surface area contributed by atoms with Crippen LogP contribution in [-0.2, 0) is 10.0 Å². The predicted molar refractivity (Wildman–Crippen MR) is 125 cm³/mol. The number of aromatic nitrogens is 5. The molecule has 1 saturated heterocycles. The summed E-state index contributed by atoms with van der Waals surface area (Å²) in [6, 6.07) is 5.69. The molecular formula is C22H27N7O3S. The van der Waals surface area contributed by atoms with Crippen LogP contribution in [0.1, 0.15) is 32.6 Å². The van der Waals surface area contributed by atoms with Gasteiger partial charge in [-0.3, -0.25) is 0 Å². The van der Waals surface area contributed by atoms with Crippen LogP contribution in [0.15, 0.2) is 43.0 Å². The zero-order chi connectivity index (χ0) is 23.1. The number of aliphatic hydroxyl groups is 1. The fraction of sp³-hybridized carbons (Fsp3) is 0.455. The first-order valence-electron chi connectivity index (χ1n) is 11.1. The van der Waals surface area contributed by atoms with Crippen molar-refractivity contribution in [2.45, 2.75) is 37.9 Å². The van der Waals surface area contributed by atoms with Crippen LogP contribution in [0, 0.1) is 5.41 Å². The van der Waals surface area contributed by atoms with E-state index >= 15 is 0 Å². The van der Waals surface area contributed by atoms with Crippen LogP contribution in [0.25, 0.3) is 11.4 Å². The van der Waals surface area contributed by atoms with E-state index in [1.165, 1.54) is 12.4 Å². The molecule has 11 heteroatoms. The molecule has 0 radical (unpaired) electrons. The largest absolute Gasteiger partial charge is 0.396 e. The van der Waals surface area contributed by atoms with E-state index < -0.39 is 10.0 Å². The van der Waals surface area contributed by atoms with Gasteiger partial charge in [0.2, 0.25) is 0 Å². The second-order valence-corrected chi connectivity index (χ2v) is 11.2. The highest BCUT2D eigenvalue weighted by Gasteiger charge is 2.37. The maximum Gasteiger partial charge on any atom is 0.256 e. The summed E-state index contributed by atoms with van der Waals surface area (Å²) in [5, 5.41) is 16.5. The maximum absolute atomic E-state index is 12.4. The van der Waals surface area contributed by atoms with E-state index in [1.54, 1.807) is 18.5 Å². The summed E-state index contributed by atoms with van der Waals surface area (Å²) < 4.78 is 25.8. The molecule has 1 aliphatic heterocycles. The molecule has 0 bridgehead atoms. The van der Waals surface area contributed by atoms with Gasteiger partial charge in [-0.2, -0.15) is 9.19 Å². The lowest BCUT2D eigenvalue weighted by Gasteiger charge is -2.39. The minimum Gasteiger partial charge on any atom is -0.396 e. The Labute approximate surface area is 192 Å². The number of hydrogen-bond acceptors (Lipinski definition) is 9. The minimum atomic E-state index is -3.43. The van der Waals surface area contributed by atoms with Gasteiger partial charge in [-0.15, -0.1) is 0 Å². The fourth-order valence-corrected chi connectivity index (χ4v) is 5.40. The standard InChI is InChI=1S/C22H27N7O3S/c1-22(15-30)6-10-28(11-7-22)17-4-8-23-20(12-17)26-19-5-9-24-21(27-19)16-13-25-29(14-16)33(31,32)18-2-3-18/h4-5,8-9,12-14,18,30H,2-3,6-7,10-11,15H2,1H3,(H,23,24,26,27). The van der Waals surface area contributed by atoms with Crippen LogP contribution >= 0.6 is 0 Å². The van der Waals surface area contributed by atoms with E-state index in [9.17, 15) is 13.5 Å². The number of hydrogen-bond donors (Lipinski definition) is 2. The van der Waals surface area contributed by atoms with Crippen molar-refractivity contribution in [2.24, 2.45) is 5.41 Å². The van der Waals surface area contributed by atoms with Crippen molar-refractivity contribution in [2.75, 3.05) is 29.9 Å². The fourth-order valence-electron chi connectivity index (χ4n) is 3.92. The molecule has 2 N–H and O–H groups in total. The van der Waals surface area contributed by atoms with Gasteiger partial charge in [0.15, 0.2) is 5.82 Å². The number of nitrogens with zero attached hydrogens (tertiary/aromatic N) is 6. The van der Waals surface area contributed by atoms with Gasteiger partial charge >= 0.3 is 0 Å². The maximum atomic E-state index is 12.4. The molecule has 2 aliphatic rings. The third-order valence-corrected chi connectivity index (χ3v) is 8.43. The average Bonchev–Trinajstić information content (AvgIpc) is 3.57. The molecule has 3 aromatic heterocycles. The van der Waals surface area contributed by atoms with Gasteiger partial charge in [0.25, 0.3) is 10.0 Å². The number of pyridine rings is 1. The first kappa shape index (κ1) is 21.8.